The third kappa shape index (κ3) is 2.70. The first-order chi connectivity index (χ1) is 7.31. The fourth-order valence-electron chi connectivity index (χ4n) is 1.51. The van der Waals surface area contributed by atoms with Crippen LogP contribution in [0.5, 0.6) is 5.75 Å². The van der Waals surface area contributed by atoms with Gasteiger partial charge >= 0.3 is 0 Å². The highest BCUT2D eigenvalue weighted by Crippen LogP contribution is 2.27. The summed E-state index contributed by atoms with van der Waals surface area (Å²) in [6.07, 6.45) is 0.354. The number of hydrogen-bond acceptors (Lipinski definition) is 3. The molecular weight excluding hydrogens is 192 g/mol. The van der Waals surface area contributed by atoms with Gasteiger partial charge in [0.05, 0.1) is 26.4 Å². The summed E-state index contributed by atoms with van der Waals surface area (Å²) in [5.74, 6) is 0.877. The normalized spacial score (nSPS) is 21.1. The lowest BCUT2D eigenvalue weighted by atomic mass is 10.1. The summed E-state index contributed by atoms with van der Waals surface area (Å²) < 4.78 is 16.1. The van der Waals surface area contributed by atoms with Crippen LogP contribution in [-0.4, -0.2) is 26.4 Å². The SMILES string of the molecule is COc1ccccc1C(C)OCC1CO1. The van der Waals surface area contributed by atoms with Crippen LogP contribution in [0.2, 0.25) is 0 Å². The van der Waals surface area contributed by atoms with Gasteiger partial charge in [0.25, 0.3) is 0 Å². The Kier molecular flexibility index (Phi) is 3.23. The fourth-order valence-corrected chi connectivity index (χ4v) is 1.51. The van der Waals surface area contributed by atoms with Gasteiger partial charge in [-0.3, -0.25) is 0 Å². The van der Waals surface area contributed by atoms with Crippen molar-refractivity contribution in [3.63, 3.8) is 0 Å². The van der Waals surface area contributed by atoms with E-state index in [-0.39, 0.29) is 6.10 Å². The molecule has 1 saturated heterocycles. The molecule has 1 aliphatic heterocycles. The first-order valence-corrected chi connectivity index (χ1v) is 5.17. The summed E-state index contributed by atoms with van der Waals surface area (Å²) in [5, 5.41) is 0. The van der Waals surface area contributed by atoms with Gasteiger partial charge in [0.1, 0.15) is 11.9 Å². The van der Waals surface area contributed by atoms with Crippen molar-refractivity contribution in [2.75, 3.05) is 20.3 Å². The van der Waals surface area contributed by atoms with Crippen LogP contribution in [0.3, 0.4) is 0 Å². The van der Waals surface area contributed by atoms with E-state index in [4.69, 9.17) is 14.2 Å². The number of para-hydroxylation sites is 1. The average molecular weight is 208 g/mol. The smallest absolute Gasteiger partial charge is 0.124 e. The zero-order valence-corrected chi connectivity index (χ0v) is 9.10. The summed E-state index contributed by atoms with van der Waals surface area (Å²) in [4.78, 5) is 0. The van der Waals surface area contributed by atoms with Gasteiger partial charge in [-0.1, -0.05) is 18.2 Å². The van der Waals surface area contributed by atoms with Gasteiger partial charge in [0.2, 0.25) is 0 Å². The molecule has 0 spiro atoms. The molecular formula is C12H16O3. The highest BCUT2D eigenvalue weighted by atomic mass is 16.6. The van der Waals surface area contributed by atoms with Crippen molar-refractivity contribution < 1.29 is 14.2 Å². The molecule has 2 atom stereocenters. The van der Waals surface area contributed by atoms with Crippen LogP contribution in [0.1, 0.15) is 18.6 Å². The predicted octanol–water partition coefficient (Wildman–Crippen LogP) is 2.17. The third-order valence-electron chi connectivity index (χ3n) is 2.51. The van der Waals surface area contributed by atoms with Crippen molar-refractivity contribution in [1.82, 2.24) is 0 Å². The number of ether oxygens (including phenoxy) is 3. The minimum absolute atomic E-state index is 0.0466. The molecule has 3 heteroatoms. The molecule has 0 bridgehead atoms. The molecule has 1 fully saturated rings. The Morgan fingerprint density at radius 1 is 1.47 bits per heavy atom. The average Bonchev–Trinajstić information content (AvgIpc) is 3.09. The minimum Gasteiger partial charge on any atom is -0.496 e. The molecule has 82 valence electrons. The van der Waals surface area contributed by atoms with Gasteiger partial charge in [0, 0.05) is 5.56 Å². The quantitative estimate of drug-likeness (QED) is 0.695. The number of rotatable bonds is 5. The molecule has 3 nitrogen and oxygen atoms in total. The maximum Gasteiger partial charge on any atom is 0.124 e. The van der Waals surface area contributed by atoms with Crippen molar-refractivity contribution >= 4 is 0 Å². The molecule has 1 heterocycles. The lowest BCUT2D eigenvalue weighted by Gasteiger charge is -2.15. The summed E-state index contributed by atoms with van der Waals surface area (Å²) in [6.45, 7) is 3.53. The van der Waals surface area contributed by atoms with Crippen molar-refractivity contribution in [1.29, 1.82) is 0 Å². The standard InChI is InChI=1S/C12H16O3/c1-9(14-7-10-8-15-10)11-5-3-4-6-12(11)13-2/h3-6,9-10H,7-8H2,1-2H3. The molecule has 15 heavy (non-hydrogen) atoms. The minimum atomic E-state index is 0.0466. The zero-order valence-electron chi connectivity index (χ0n) is 9.10. The van der Waals surface area contributed by atoms with Gasteiger partial charge < -0.3 is 14.2 Å². The second-order valence-corrected chi connectivity index (χ2v) is 3.67. The summed E-state index contributed by atoms with van der Waals surface area (Å²) in [7, 11) is 1.68. The fraction of sp³-hybridized carbons (Fsp3) is 0.500. The molecule has 1 aliphatic rings. The van der Waals surface area contributed by atoms with Crippen LogP contribution >= 0.6 is 0 Å². The van der Waals surface area contributed by atoms with Crippen LogP contribution in [0.25, 0.3) is 0 Å². The Labute approximate surface area is 90.0 Å². The molecule has 1 aromatic carbocycles. The van der Waals surface area contributed by atoms with E-state index in [0.29, 0.717) is 12.7 Å². The summed E-state index contributed by atoms with van der Waals surface area (Å²) in [6, 6.07) is 7.92. The van der Waals surface area contributed by atoms with Crippen molar-refractivity contribution in [3.8, 4) is 5.75 Å². The van der Waals surface area contributed by atoms with Crippen LogP contribution in [0, 0.1) is 0 Å². The lowest BCUT2D eigenvalue weighted by Crippen LogP contribution is -2.07. The van der Waals surface area contributed by atoms with Gasteiger partial charge in [-0.25, -0.2) is 0 Å². The Morgan fingerprint density at radius 3 is 2.87 bits per heavy atom. The predicted molar refractivity (Wildman–Crippen MR) is 57.1 cm³/mol. The topological polar surface area (TPSA) is 31.0 Å². The van der Waals surface area contributed by atoms with E-state index in [9.17, 15) is 0 Å². The van der Waals surface area contributed by atoms with Crippen LogP contribution in [0.15, 0.2) is 24.3 Å². The van der Waals surface area contributed by atoms with Crippen LogP contribution < -0.4 is 4.74 Å². The molecule has 0 saturated carbocycles. The Balaban J connectivity index is 1.98. The van der Waals surface area contributed by atoms with Gasteiger partial charge in [0.15, 0.2) is 0 Å². The van der Waals surface area contributed by atoms with Crippen molar-refractivity contribution in [2.24, 2.45) is 0 Å². The van der Waals surface area contributed by atoms with Crippen LogP contribution in [0.4, 0.5) is 0 Å². The Bertz CT molecular complexity index is 320. The zero-order chi connectivity index (χ0) is 10.7. The second-order valence-electron chi connectivity index (χ2n) is 3.67. The van der Waals surface area contributed by atoms with Gasteiger partial charge in [-0.05, 0) is 13.0 Å². The number of epoxide rings is 1. The van der Waals surface area contributed by atoms with E-state index < -0.39 is 0 Å². The number of methoxy groups -OCH3 is 1. The third-order valence-corrected chi connectivity index (χ3v) is 2.51. The summed E-state index contributed by atoms with van der Waals surface area (Å²) >= 11 is 0. The maximum atomic E-state index is 5.69. The van der Waals surface area contributed by atoms with Crippen LogP contribution in [-0.2, 0) is 9.47 Å². The number of hydrogen-bond donors (Lipinski definition) is 0. The van der Waals surface area contributed by atoms with Crippen molar-refractivity contribution in [3.05, 3.63) is 29.8 Å². The molecule has 0 aromatic heterocycles. The molecule has 0 radical (unpaired) electrons. The second kappa shape index (κ2) is 4.64. The first kappa shape index (κ1) is 10.5. The maximum absolute atomic E-state index is 5.69. The van der Waals surface area contributed by atoms with E-state index in [1.165, 1.54) is 0 Å². The van der Waals surface area contributed by atoms with E-state index >= 15 is 0 Å². The monoisotopic (exact) mass is 208 g/mol. The largest absolute Gasteiger partial charge is 0.496 e. The molecule has 1 aromatic rings. The van der Waals surface area contributed by atoms with E-state index in [1.54, 1.807) is 7.11 Å². The summed E-state index contributed by atoms with van der Waals surface area (Å²) in [5.41, 5.74) is 1.08. The van der Waals surface area contributed by atoms with E-state index in [1.807, 2.05) is 31.2 Å². The Hall–Kier alpha value is -1.06. The lowest BCUT2D eigenvalue weighted by molar-refractivity contribution is 0.0524. The molecule has 0 amide bonds. The number of benzene rings is 1. The van der Waals surface area contributed by atoms with E-state index in [2.05, 4.69) is 0 Å². The Morgan fingerprint density at radius 2 is 2.20 bits per heavy atom. The van der Waals surface area contributed by atoms with Gasteiger partial charge in [-0.2, -0.15) is 0 Å². The molecule has 2 unspecified atom stereocenters. The molecule has 0 aliphatic carbocycles. The highest BCUT2D eigenvalue weighted by Gasteiger charge is 2.24. The molecule has 0 N–H and O–H groups in total. The highest BCUT2D eigenvalue weighted by molar-refractivity contribution is 5.34. The molecule has 2 rings (SSSR count). The van der Waals surface area contributed by atoms with Crippen molar-refractivity contribution in [2.45, 2.75) is 19.1 Å². The first-order valence-electron chi connectivity index (χ1n) is 5.17. The van der Waals surface area contributed by atoms with E-state index in [0.717, 1.165) is 17.9 Å². The van der Waals surface area contributed by atoms with Gasteiger partial charge in [-0.15, -0.1) is 0 Å².